The van der Waals surface area contributed by atoms with Crippen molar-refractivity contribution in [3.8, 4) is 0 Å². The molecule has 0 bridgehead atoms. The fourth-order valence-electron chi connectivity index (χ4n) is 3.70. The van der Waals surface area contributed by atoms with E-state index in [2.05, 4.69) is 44.8 Å². The second-order valence-electron chi connectivity index (χ2n) is 7.49. The maximum atomic E-state index is 11.9. The fraction of sp³-hybridized carbons (Fsp3) is 0.650. The molecular weight excluding hydrogens is 374 g/mol. The third kappa shape index (κ3) is 6.18. The lowest BCUT2D eigenvalue weighted by molar-refractivity contribution is 0.331. The number of rotatable bonds is 8. The Labute approximate surface area is 169 Å². The molecule has 0 atom stereocenters. The summed E-state index contributed by atoms with van der Waals surface area (Å²) in [5, 5.41) is 6.46. The summed E-state index contributed by atoms with van der Waals surface area (Å²) in [6.45, 7) is 8.51. The van der Waals surface area contributed by atoms with Crippen LogP contribution >= 0.6 is 0 Å². The van der Waals surface area contributed by atoms with Crippen LogP contribution < -0.4 is 10.6 Å². The maximum Gasteiger partial charge on any atom is 0.214 e. The van der Waals surface area contributed by atoms with Gasteiger partial charge in [0.1, 0.15) is 0 Å². The molecule has 2 N–H and O–H groups in total. The summed E-state index contributed by atoms with van der Waals surface area (Å²) in [5.74, 6) is 0.995. The Morgan fingerprint density at radius 3 is 2.39 bits per heavy atom. The predicted octanol–water partition coefficient (Wildman–Crippen LogP) is 1.37. The van der Waals surface area contributed by atoms with E-state index in [1.807, 2.05) is 6.92 Å². The van der Waals surface area contributed by atoms with Crippen molar-refractivity contribution >= 4 is 16.0 Å². The first-order valence-corrected chi connectivity index (χ1v) is 12.0. The summed E-state index contributed by atoms with van der Waals surface area (Å²) >= 11 is 0. The maximum absolute atomic E-state index is 11.9. The van der Waals surface area contributed by atoms with Crippen LogP contribution in [0.15, 0.2) is 29.3 Å². The topological polar surface area (TPSA) is 77.0 Å². The van der Waals surface area contributed by atoms with Crippen LogP contribution in [0, 0.1) is 0 Å². The Bertz CT molecular complexity index is 742. The number of guanidine groups is 1. The smallest absolute Gasteiger partial charge is 0.214 e. The zero-order valence-corrected chi connectivity index (χ0v) is 17.7. The highest BCUT2D eigenvalue weighted by atomic mass is 32.2. The van der Waals surface area contributed by atoms with Crippen molar-refractivity contribution in [3.63, 3.8) is 0 Å². The van der Waals surface area contributed by atoms with Crippen LogP contribution in [0.4, 0.5) is 0 Å². The Morgan fingerprint density at radius 1 is 1.04 bits per heavy atom. The van der Waals surface area contributed by atoms with E-state index in [0.29, 0.717) is 26.2 Å². The molecule has 0 amide bonds. The van der Waals surface area contributed by atoms with Gasteiger partial charge in [-0.2, -0.15) is 0 Å². The molecule has 2 fully saturated rings. The third-order valence-electron chi connectivity index (χ3n) is 5.25. The Balaban J connectivity index is 1.47. The van der Waals surface area contributed by atoms with Crippen molar-refractivity contribution in [2.24, 2.45) is 4.99 Å². The third-order valence-corrected chi connectivity index (χ3v) is 7.21. The van der Waals surface area contributed by atoms with Crippen molar-refractivity contribution < 1.29 is 8.42 Å². The van der Waals surface area contributed by atoms with Gasteiger partial charge in [-0.25, -0.2) is 17.7 Å². The lowest BCUT2D eigenvalue weighted by atomic mass is 10.1. The summed E-state index contributed by atoms with van der Waals surface area (Å²) < 4.78 is 25.3. The van der Waals surface area contributed by atoms with Crippen molar-refractivity contribution in [2.45, 2.75) is 39.3 Å². The molecule has 0 unspecified atom stereocenters. The highest BCUT2D eigenvalue weighted by Gasteiger charge is 2.27. The number of likely N-dealkylation sites (tertiary alicyclic amines) is 1. The number of nitrogens with one attached hydrogen (secondary N) is 2. The number of aliphatic imine (C=N–C) groups is 1. The molecule has 0 radical (unpaired) electrons. The molecule has 0 saturated carbocycles. The average Bonchev–Trinajstić information content (AvgIpc) is 3.30. The van der Waals surface area contributed by atoms with Crippen LogP contribution in [0.1, 0.15) is 37.3 Å². The van der Waals surface area contributed by atoms with E-state index in [4.69, 9.17) is 0 Å². The van der Waals surface area contributed by atoms with Gasteiger partial charge in [0.2, 0.25) is 10.0 Å². The number of benzene rings is 1. The molecule has 2 saturated heterocycles. The second-order valence-corrected chi connectivity index (χ2v) is 9.58. The van der Waals surface area contributed by atoms with Gasteiger partial charge in [-0.1, -0.05) is 24.3 Å². The molecule has 156 valence electrons. The van der Waals surface area contributed by atoms with Crippen LogP contribution in [0.25, 0.3) is 0 Å². The van der Waals surface area contributed by atoms with Gasteiger partial charge in [-0.3, -0.25) is 4.90 Å². The molecule has 7 nitrogen and oxygen atoms in total. The fourth-order valence-corrected chi connectivity index (χ4v) is 5.23. The van der Waals surface area contributed by atoms with E-state index in [9.17, 15) is 8.42 Å². The van der Waals surface area contributed by atoms with Crippen molar-refractivity contribution in [3.05, 3.63) is 35.4 Å². The molecule has 28 heavy (non-hydrogen) atoms. The monoisotopic (exact) mass is 407 g/mol. The molecule has 3 rings (SSSR count). The first kappa shape index (κ1) is 21.1. The molecule has 1 aromatic carbocycles. The number of nitrogens with zero attached hydrogens (tertiary/aromatic N) is 3. The minimum atomic E-state index is -3.04. The van der Waals surface area contributed by atoms with Crippen LogP contribution in [-0.2, 0) is 23.1 Å². The molecule has 0 aromatic heterocycles. The standard InChI is InChI=1S/C20H33N5O2S/c1-2-21-20(22-10-14-25-13-5-15-28(25,26)27)23-16-18-6-8-19(9-7-18)17-24-11-3-4-12-24/h6-9H,2-5,10-17H2,1H3,(H2,21,22,23). The van der Waals surface area contributed by atoms with E-state index in [1.165, 1.54) is 37.1 Å². The molecule has 1 aromatic rings. The highest BCUT2D eigenvalue weighted by Crippen LogP contribution is 2.14. The van der Waals surface area contributed by atoms with E-state index in [1.54, 1.807) is 4.31 Å². The summed E-state index contributed by atoms with van der Waals surface area (Å²) in [7, 11) is -3.04. The van der Waals surface area contributed by atoms with Gasteiger partial charge >= 0.3 is 0 Å². The first-order chi connectivity index (χ1) is 13.6. The lowest BCUT2D eigenvalue weighted by Gasteiger charge is -2.16. The molecule has 2 aliphatic rings. The average molecular weight is 408 g/mol. The van der Waals surface area contributed by atoms with Crippen molar-refractivity contribution in [2.75, 3.05) is 45.0 Å². The van der Waals surface area contributed by atoms with Gasteiger partial charge in [-0.15, -0.1) is 0 Å². The van der Waals surface area contributed by atoms with Gasteiger partial charge in [0.05, 0.1) is 12.3 Å². The Hall–Kier alpha value is -1.64. The van der Waals surface area contributed by atoms with Gasteiger partial charge in [0, 0.05) is 32.7 Å². The minimum Gasteiger partial charge on any atom is -0.357 e. The number of hydrogen-bond acceptors (Lipinski definition) is 4. The van der Waals surface area contributed by atoms with Gasteiger partial charge in [0.15, 0.2) is 5.96 Å². The quantitative estimate of drug-likeness (QED) is 0.503. The molecule has 0 spiro atoms. The first-order valence-electron chi connectivity index (χ1n) is 10.4. The van der Waals surface area contributed by atoms with Crippen molar-refractivity contribution in [1.29, 1.82) is 0 Å². The largest absolute Gasteiger partial charge is 0.357 e. The van der Waals surface area contributed by atoms with Crippen molar-refractivity contribution in [1.82, 2.24) is 19.8 Å². The molecule has 0 aliphatic carbocycles. The van der Waals surface area contributed by atoms with Crippen LogP contribution in [-0.4, -0.2) is 68.6 Å². The minimum absolute atomic E-state index is 0.273. The summed E-state index contributed by atoms with van der Waals surface area (Å²) in [6, 6.07) is 8.69. The zero-order valence-electron chi connectivity index (χ0n) is 16.9. The molecular formula is C20H33N5O2S. The Morgan fingerprint density at radius 2 is 1.75 bits per heavy atom. The van der Waals surface area contributed by atoms with Crippen LogP contribution in [0.3, 0.4) is 0 Å². The van der Waals surface area contributed by atoms with Crippen LogP contribution in [0.5, 0.6) is 0 Å². The van der Waals surface area contributed by atoms with Crippen LogP contribution in [0.2, 0.25) is 0 Å². The second kappa shape index (κ2) is 10.2. The number of sulfonamides is 1. The zero-order chi connectivity index (χ0) is 19.8. The normalized spacial score (nSPS) is 20.5. The summed E-state index contributed by atoms with van der Waals surface area (Å²) in [6.07, 6.45) is 3.36. The predicted molar refractivity (Wildman–Crippen MR) is 114 cm³/mol. The van der Waals surface area contributed by atoms with E-state index in [-0.39, 0.29) is 5.75 Å². The van der Waals surface area contributed by atoms with Gasteiger partial charge in [0.25, 0.3) is 0 Å². The van der Waals surface area contributed by atoms with E-state index < -0.39 is 10.0 Å². The SMILES string of the molecule is CCNC(=NCc1ccc(CN2CCCC2)cc1)NCCN1CCCS1(=O)=O. The lowest BCUT2D eigenvalue weighted by Crippen LogP contribution is -2.42. The van der Waals surface area contributed by atoms with E-state index >= 15 is 0 Å². The highest BCUT2D eigenvalue weighted by molar-refractivity contribution is 7.89. The van der Waals surface area contributed by atoms with Gasteiger partial charge < -0.3 is 10.6 Å². The Kier molecular flexibility index (Phi) is 7.70. The number of hydrogen-bond donors (Lipinski definition) is 2. The van der Waals surface area contributed by atoms with E-state index in [0.717, 1.165) is 25.5 Å². The summed E-state index contributed by atoms with van der Waals surface area (Å²) in [5.41, 5.74) is 2.52. The summed E-state index contributed by atoms with van der Waals surface area (Å²) in [4.78, 5) is 7.13. The molecule has 2 aliphatic heterocycles. The molecule has 2 heterocycles. The molecule has 8 heteroatoms. The van der Waals surface area contributed by atoms with Gasteiger partial charge in [-0.05, 0) is 50.4 Å².